The average Bonchev–Trinajstić information content (AvgIpc) is 2.94. The quantitative estimate of drug-likeness (QED) is 0.200. The number of nitrogens with one attached hydrogen (secondary N) is 2. The minimum absolute atomic E-state index is 0.0633. The molecule has 0 aromatic heterocycles. The van der Waals surface area contributed by atoms with Crippen molar-refractivity contribution in [1.29, 1.82) is 0 Å². The highest BCUT2D eigenvalue weighted by Gasteiger charge is 2.25. The maximum atomic E-state index is 13.2. The highest BCUT2D eigenvalue weighted by Crippen LogP contribution is 2.30. The summed E-state index contributed by atoms with van der Waals surface area (Å²) in [5, 5.41) is 5.77. The van der Waals surface area contributed by atoms with Gasteiger partial charge in [0.15, 0.2) is 11.3 Å². The molecule has 4 N–H and O–H groups in total. The van der Waals surface area contributed by atoms with Crippen LogP contribution in [0.1, 0.15) is 43.0 Å². The lowest BCUT2D eigenvalue weighted by Crippen LogP contribution is -2.29. The summed E-state index contributed by atoms with van der Waals surface area (Å²) in [6.07, 6.45) is 1.28. The highest BCUT2D eigenvalue weighted by molar-refractivity contribution is 6.07. The molecule has 3 aromatic rings. The minimum atomic E-state index is -0.536. The number of nitrogens with zero attached hydrogens (tertiary/aromatic N) is 1. The van der Waals surface area contributed by atoms with E-state index in [9.17, 15) is 14.4 Å². The van der Waals surface area contributed by atoms with Gasteiger partial charge in [0, 0.05) is 19.2 Å². The number of anilines is 1. The van der Waals surface area contributed by atoms with E-state index in [2.05, 4.69) is 15.6 Å². The van der Waals surface area contributed by atoms with Crippen LogP contribution in [0.15, 0.2) is 82.0 Å². The molecule has 0 atom stereocenters. The third-order valence-corrected chi connectivity index (χ3v) is 6.82. The monoisotopic (exact) mass is 534 g/mol. The Bertz CT molecular complexity index is 1720. The number of amides is 2. The first-order valence-corrected chi connectivity index (χ1v) is 13.1. The first kappa shape index (κ1) is 26.6. The molecule has 40 heavy (non-hydrogen) atoms. The topological polar surface area (TPSA) is 127 Å². The molecule has 0 saturated carbocycles. The van der Waals surface area contributed by atoms with Gasteiger partial charge in [-0.25, -0.2) is 4.98 Å². The van der Waals surface area contributed by atoms with Crippen molar-refractivity contribution in [2.75, 3.05) is 18.8 Å². The zero-order chi connectivity index (χ0) is 28.2. The van der Waals surface area contributed by atoms with Crippen LogP contribution in [0.25, 0.3) is 22.6 Å². The predicted octanol–water partition coefficient (Wildman–Crippen LogP) is 4.44. The second-order valence-electron chi connectivity index (χ2n) is 9.86. The Hall–Kier alpha value is -4.98. The van der Waals surface area contributed by atoms with Crippen LogP contribution in [0.5, 0.6) is 0 Å². The molecule has 0 unspecified atom stereocenters. The summed E-state index contributed by atoms with van der Waals surface area (Å²) in [7, 11) is 0. The number of nitrogen functional groups attached to an aromatic ring is 1. The van der Waals surface area contributed by atoms with Crippen LogP contribution in [0.2, 0.25) is 0 Å². The Morgan fingerprint density at radius 3 is 2.00 bits per heavy atom. The fourth-order valence-corrected chi connectivity index (χ4v) is 4.53. The number of hydrogen-bond acceptors (Lipinski definition) is 6. The van der Waals surface area contributed by atoms with Gasteiger partial charge in [-0.2, -0.15) is 0 Å². The molecule has 2 amide bonds. The molecule has 8 nitrogen and oxygen atoms in total. The molecule has 8 heteroatoms. The second kappa shape index (κ2) is 11.4. The first-order chi connectivity index (χ1) is 19.3. The third-order valence-electron chi connectivity index (χ3n) is 6.82. The Morgan fingerprint density at radius 1 is 0.825 bits per heavy atom. The van der Waals surface area contributed by atoms with Gasteiger partial charge in [0.05, 0.1) is 16.8 Å². The molecular formula is C32H30N4O4. The van der Waals surface area contributed by atoms with Gasteiger partial charge in [-0.15, -0.1) is 0 Å². The number of aryl methyl sites for hydroxylation is 2. The number of carbonyl (C=O) groups is 2. The standard InChI is InChI=1S/C32H30N4O4/c1-19-6-10-21(11-7-19)14-16-34-31(38)23-4-3-5-25-29(23)36-30-26(40-25)18-24(37)28(33)27(30)32(39)35-17-15-22-12-8-20(2)9-13-22/h3-13,18H,14-17,33H2,1-2H3,(H,34,38)(H,35,39). The molecule has 202 valence electrons. The molecule has 0 saturated heterocycles. The Kier molecular flexibility index (Phi) is 7.59. The van der Waals surface area contributed by atoms with E-state index in [0.717, 1.165) is 16.7 Å². The Labute approximate surface area is 231 Å². The van der Waals surface area contributed by atoms with E-state index in [0.29, 0.717) is 37.1 Å². The van der Waals surface area contributed by atoms with E-state index < -0.39 is 11.3 Å². The lowest BCUT2D eigenvalue weighted by atomic mass is 10.0. The number of fused-ring (bicyclic) bond motifs is 2. The van der Waals surface area contributed by atoms with E-state index in [-0.39, 0.29) is 34.1 Å². The molecule has 3 aromatic carbocycles. The molecule has 5 rings (SSSR count). The van der Waals surface area contributed by atoms with Gasteiger partial charge >= 0.3 is 0 Å². The van der Waals surface area contributed by atoms with Crippen LogP contribution in [-0.2, 0) is 12.8 Å². The van der Waals surface area contributed by atoms with E-state index >= 15 is 0 Å². The van der Waals surface area contributed by atoms with Crippen molar-refractivity contribution in [1.82, 2.24) is 15.6 Å². The summed E-state index contributed by atoms with van der Waals surface area (Å²) in [6.45, 7) is 4.81. The fraction of sp³-hybridized carbons (Fsp3) is 0.188. The minimum Gasteiger partial charge on any atom is -0.453 e. The summed E-state index contributed by atoms with van der Waals surface area (Å²) in [5.41, 5.74) is 10.8. The number of rotatable bonds is 8. The van der Waals surface area contributed by atoms with Crippen LogP contribution in [0.3, 0.4) is 0 Å². The largest absolute Gasteiger partial charge is 0.453 e. The number of hydrogen-bond donors (Lipinski definition) is 3. The van der Waals surface area contributed by atoms with Crippen molar-refractivity contribution < 1.29 is 14.0 Å². The van der Waals surface area contributed by atoms with E-state index in [1.165, 1.54) is 11.6 Å². The van der Waals surface area contributed by atoms with Crippen molar-refractivity contribution in [2.24, 2.45) is 0 Å². The summed E-state index contributed by atoms with van der Waals surface area (Å²) >= 11 is 0. The van der Waals surface area contributed by atoms with Gasteiger partial charge in [-0.1, -0.05) is 65.7 Å². The summed E-state index contributed by atoms with van der Waals surface area (Å²) in [5.74, 6) is -0.737. The molecule has 1 aliphatic heterocycles. The van der Waals surface area contributed by atoms with Gasteiger partial charge in [0.25, 0.3) is 11.8 Å². The highest BCUT2D eigenvalue weighted by atomic mass is 16.3. The van der Waals surface area contributed by atoms with Crippen LogP contribution >= 0.6 is 0 Å². The molecule has 0 spiro atoms. The molecule has 1 heterocycles. The van der Waals surface area contributed by atoms with E-state index in [4.69, 9.17) is 10.2 Å². The summed E-state index contributed by atoms with van der Waals surface area (Å²) < 4.78 is 5.96. The van der Waals surface area contributed by atoms with Crippen LogP contribution < -0.4 is 21.8 Å². The Balaban J connectivity index is 1.41. The molecule has 0 fully saturated rings. The van der Waals surface area contributed by atoms with Crippen molar-refractivity contribution >= 4 is 28.6 Å². The van der Waals surface area contributed by atoms with E-state index in [1.54, 1.807) is 18.2 Å². The van der Waals surface area contributed by atoms with Crippen LogP contribution in [-0.4, -0.2) is 29.9 Å². The SMILES string of the molecule is Cc1ccc(CCNC(=O)c2c3nc4c(C(=O)NCCc5ccc(C)cc5)cccc4oc-3cc(=O)c2N)cc1. The van der Waals surface area contributed by atoms with Crippen LogP contribution in [0, 0.1) is 13.8 Å². The second-order valence-corrected chi connectivity index (χ2v) is 9.86. The zero-order valence-corrected chi connectivity index (χ0v) is 22.4. The zero-order valence-electron chi connectivity index (χ0n) is 22.4. The van der Waals surface area contributed by atoms with Crippen molar-refractivity contribution in [3.63, 3.8) is 0 Å². The smallest absolute Gasteiger partial charge is 0.255 e. The lowest BCUT2D eigenvalue weighted by Gasteiger charge is -2.15. The van der Waals surface area contributed by atoms with Crippen molar-refractivity contribution in [3.05, 3.63) is 116 Å². The van der Waals surface area contributed by atoms with Crippen molar-refractivity contribution in [2.45, 2.75) is 26.7 Å². The van der Waals surface area contributed by atoms with Gasteiger partial charge in [0.1, 0.15) is 11.2 Å². The van der Waals surface area contributed by atoms with E-state index in [1.807, 2.05) is 62.4 Å². The fourth-order valence-electron chi connectivity index (χ4n) is 4.53. The molecule has 0 radical (unpaired) electrons. The maximum Gasteiger partial charge on any atom is 0.255 e. The van der Waals surface area contributed by atoms with Gasteiger partial charge in [0.2, 0.25) is 5.43 Å². The van der Waals surface area contributed by atoms with Crippen molar-refractivity contribution in [3.8, 4) is 11.5 Å². The summed E-state index contributed by atoms with van der Waals surface area (Å²) in [4.78, 5) is 43.6. The molecular weight excluding hydrogens is 504 g/mol. The number of nitrogens with two attached hydrogens (primary N) is 1. The maximum absolute atomic E-state index is 13.2. The average molecular weight is 535 g/mol. The van der Waals surface area contributed by atoms with Gasteiger partial charge in [-0.3, -0.25) is 14.4 Å². The Morgan fingerprint density at radius 2 is 1.40 bits per heavy atom. The third kappa shape index (κ3) is 5.71. The number of benzene rings is 4. The number of aromatic nitrogens is 1. The lowest BCUT2D eigenvalue weighted by molar-refractivity contribution is 0.0947. The van der Waals surface area contributed by atoms with Gasteiger partial charge < -0.3 is 20.8 Å². The molecule has 1 aliphatic carbocycles. The first-order valence-electron chi connectivity index (χ1n) is 13.1. The van der Waals surface area contributed by atoms with Gasteiger partial charge in [-0.05, 0) is 49.9 Å². The normalized spacial score (nSPS) is 11.1. The predicted molar refractivity (Wildman–Crippen MR) is 156 cm³/mol. The number of para-hydroxylation sites is 1. The molecule has 0 bridgehead atoms. The number of carbonyl (C=O) groups excluding carboxylic acids is 2. The van der Waals surface area contributed by atoms with Crippen LogP contribution in [0.4, 0.5) is 5.69 Å². The summed E-state index contributed by atoms with van der Waals surface area (Å²) in [6, 6.07) is 22.4. The molecule has 2 aliphatic rings.